The van der Waals surface area contributed by atoms with Crippen molar-refractivity contribution < 1.29 is 18.0 Å². The van der Waals surface area contributed by atoms with Gasteiger partial charge in [-0.3, -0.25) is 4.79 Å². The van der Waals surface area contributed by atoms with E-state index in [-0.39, 0.29) is 17.9 Å². The lowest BCUT2D eigenvalue weighted by molar-refractivity contribution is -0.137. The molecule has 0 radical (unpaired) electrons. The Morgan fingerprint density at radius 1 is 1.40 bits per heavy atom. The molecule has 1 atom stereocenters. The summed E-state index contributed by atoms with van der Waals surface area (Å²) in [7, 11) is 0. The number of alkyl halides is 3. The number of hydrogen-bond donors (Lipinski definition) is 1. The van der Waals surface area contributed by atoms with Crippen LogP contribution in [0.25, 0.3) is 11.4 Å². The molecule has 2 aromatic rings. The van der Waals surface area contributed by atoms with Crippen molar-refractivity contribution in [3.63, 3.8) is 0 Å². The highest BCUT2D eigenvalue weighted by Crippen LogP contribution is 2.31. The maximum absolute atomic E-state index is 12.8. The van der Waals surface area contributed by atoms with Gasteiger partial charge < -0.3 is 5.32 Å². The first kappa shape index (κ1) is 18.4. The normalized spacial score (nSPS) is 13.8. The second-order valence-electron chi connectivity index (χ2n) is 5.60. The van der Waals surface area contributed by atoms with E-state index in [0.29, 0.717) is 6.42 Å². The Hall–Kier alpha value is -2.89. The molecule has 0 spiro atoms. The van der Waals surface area contributed by atoms with Gasteiger partial charge in [0, 0.05) is 5.56 Å². The number of tetrazole rings is 1. The van der Waals surface area contributed by atoms with Gasteiger partial charge in [-0.2, -0.15) is 18.0 Å². The molecule has 0 bridgehead atoms. The van der Waals surface area contributed by atoms with Crippen LogP contribution in [0.4, 0.5) is 13.2 Å². The van der Waals surface area contributed by atoms with Gasteiger partial charge >= 0.3 is 6.18 Å². The van der Waals surface area contributed by atoms with Gasteiger partial charge in [-0.05, 0) is 30.7 Å². The van der Waals surface area contributed by atoms with Crippen LogP contribution in [-0.2, 0) is 17.5 Å². The third-order valence-corrected chi connectivity index (χ3v) is 3.63. The van der Waals surface area contributed by atoms with Crippen molar-refractivity contribution >= 4 is 5.91 Å². The minimum Gasteiger partial charge on any atom is -0.338 e. The molecule has 1 aromatic carbocycles. The Bertz CT molecular complexity index is 809. The van der Waals surface area contributed by atoms with Crippen molar-refractivity contribution in [3.05, 3.63) is 29.8 Å². The number of aromatic nitrogens is 4. The number of benzene rings is 1. The molecule has 0 saturated heterocycles. The Morgan fingerprint density at radius 3 is 2.72 bits per heavy atom. The zero-order valence-corrected chi connectivity index (χ0v) is 13.6. The van der Waals surface area contributed by atoms with Gasteiger partial charge in [0.05, 0.1) is 11.1 Å². The third kappa shape index (κ3) is 4.56. The van der Waals surface area contributed by atoms with Crippen molar-refractivity contribution in [2.45, 2.75) is 38.5 Å². The summed E-state index contributed by atoms with van der Waals surface area (Å²) in [6, 6.07) is 4.56. The van der Waals surface area contributed by atoms with Crippen LogP contribution >= 0.6 is 0 Å². The molecule has 1 amide bonds. The maximum Gasteiger partial charge on any atom is 0.416 e. The summed E-state index contributed by atoms with van der Waals surface area (Å²) in [5.74, 6) is 2.07. The monoisotopic (exact) mass is 351 g/mol. The lowest BCUT2D eigenvalue weighted by atomic mass is 10.0. The molecule has 25 heavy (non-hydrogen) atoms. The lowest BCUT2D eigenvalue weighted by Crippen LogP contribution is -2.45. The van der Waals surface area contributed by atoms with E-state index in [0.717, 1.165) is 16.9 Å². The molecule has 9 heteroatoms. The van der Waals surface area contributed by atoms with Crippen LogP contribution < -0.4 is 5.32 Å². The van der Waals surface area contributed by atoms with Gasteiger partial charge in [0.25, 0.3) is 0 Å². The van der Waals surface area contributed by atoms with Crippen LogP contribution in [0.2, 0.25) is 0 Å². The SMILES string of the molecule is C#C[C@](C)(CC)NC(=O)Cn1nnc(-c2cccc(C(F)(F)F)c2)n1. The Morgan fingerprint density at radius 2 is 2.12 bits per heavy atom. The minimum absolute atomic E-state index is 0.00546. The van der Waals surface area contributed by atoms with Gasteiger partial charge in [0.1, 0.15) is 6.54 Å². The van der Waals surface area contributed by atoms with E-state index in [4.69, 9.17) is 6.42 Å². The van der Waals surface area contributed by atoms with Crippen LogP contribution in [0, 0.1) is 12.3 Å². The molecule has 6 nitrogen and oxygen atoms in total. The van der Waals surface area contributed by atoms with Crippen molar-refractivity contribution in [3.8, 4) is 23.7 Å². The molecule has 0 fully saturated rings. The molecular formula is C16H16F3N5O. The standard InChI is InChI=1S/C16H16F3N5O/c1-4-15(3,5-2)20-13(25)10-24-22-14(21-23-24)11-7-6-8-12(9-11)16(17,18)19/h1,6-9H,5,10H2,2-3H3,(H,20,25)/t15-/m1/s1. The number of carbonyl (C=O) groups excluding carboxylic acids is 1. The van der Waals surface area contributed by atoms with Crippen molar-refractivity contribution in [2.24, 2.45) is 0 Å². The van der Waals surface area contributed by atoms with Crippen molar-refractivity contribution in [1.29, 1.82) is 0 Å². The molecule has 0 unspecified atom stereocenters. The minimum atomic E-state index is -4.47. The van der Waals surface area contributed by atoms with E-state index in [2.05, 4.69) is 26.6 Å². The second kappa shape index (κ2) is 6.93. The maximum atomic E-state index is 12.8. The number of nitrogens with zero attached hydrogens (tertiary/aromatic N) is 4. The molecule has 0 saturated carbocycles. The van der Waals surface area contributed by atoms with Crippen LogP contribution in [0.15, 0.2) is 24.3 Å². The zero-order valence-electron chi connectivity index (χ0n) is 13.6. The Labute approximate surface area is 142 Å². The molecule has 0 aliphatic heterocycles. The van der Waals surface area contributed by atoms with Crippen LogP contribution in [0.1, 0.15) is 25.8 Å². The topological polar surface area (TPSA) is 72.7 Å². The fraction of sp³-hybridized carbons (Fsp3) is 0.375. The molecule has 0 aliphatic carbocycles. The summed E-state index contributed by atoms with van der Waals surface area (Å²) < 4.78 is 38.3. The lowest BCUT2D eigenvalue weighted by Gasteiger charge is -2.22. The van der Waals surface area contributed by atoms with Crippen molar-refractivity contribution in [2.75, 3.05) is 0 Å². The van der Waals surface area contributed by atoms with Gasteiger partial charge in [-0.25, -0.2) is 0 Å². The van der Waals surface area contributed by atoms with E-state index in [9.17, 15) is 18.0 Å². The second-order valence-corrected chi connectivity index (χ2v) is 5.60. The Kier molecular flexibility index (Phi) is 5.11. The predicted octanol–water partition coefficient (Wildman–Crippen LogP) is 2.28. The van der Waals surface area contributed by atoms with E-state index in [1.165, 1.54) is 12.1 Å². The van der Waals surface area contributed by atoms with Crippen LogP contribution in [0.3, 0.4) is 0 Å². The summed E-state index contributed by atoms with van der Waals surface area (Å²) in [4.78, 5) is 13.0. The largest absolute Gasteiger partial charge is 0.416 e. The number of carbonyl (C=O) groups is 1. The fourth-order valence-electron chi connectivity index (χ4n) is 1.96. The first-order valence-corrected chi connectivity index (χ1v) is 7.41. The van der Waals surface area contributed by atoms with Crippen molar-refractivity contribution in [1.82, 2.24) is 25.5 Å². The highest BCUT2D eigenvalue weighted by molar-refractivity contribution is 5.77. The summed E-state index contributed by atoms with van der Waals surface area (Å²) >= 11 is 0. The van der Waals surface area contributed by atoms with Gasteiger partial charge in [-0.1, -0.05) is 25.0 Å². The average Bonchev–Trinajstić information content (AvgIpc) is 3.02. The number of terminal acetylenes is 1. The highest BCUT2D eigenvalue weighted by Gasteiger charge is 2.30. The van der Waals surface area contributed by atoms with Crippen LogP contribution in [0.5, 0.6) is 0 Å². The quantitative estimate of drug-likeness (QED) is 0.839. The van der Waals surface area contributed by atoms with E-state index >= 15 is 0 Å². The fourth-order valence-corrected chi connectivity index (χ4v) is 1.96. The number of halogens is 3. The number of amides is 1. The molecule has 1 aromatic heterocycles. The van der Waals surface area contributed by atoms with E-state index < -0.39 is 23.2 Å². The summed E-state index contributed by atoms with van der Waals surface area (Å²) in [6.07, 6.45) is 1.45. The molecular weight excluding hydrogens is 335 g/mol. The molecule has 1 N–H and O–H groups in total. The molecule has 132 valence electrons. The summed E-state index contributed by atoms with van der Waals surface area (Å²) in [6.45, 7) is 3.29. The van der Waals surface area contributed by atoms with Crippen LogP contribution in [-0.4, -0.2) is 31.7 Å². The van der Waals surface area contributed by atoms with E-state index in [1.54, 1.807) is 6.92 Å². The molecule has 1 heterocycles. The predicted molar refractivity (Wildman–Crippen MR) is 83.9 cm³/mol. The molecule has 2 rings (SSSR count). The van der Waals surface area contributed by atoms with Gasteiger partial charge in [-0.15, -0.1) is 16.6 Å². The van der Waals surface area contributed by atoms with Gasteiger partial charge in [0.15, 0.2) is 0 Å². The smallest absolute Gasteiger partial charge is 0.338 e. The third-order valence-electron chi connectivity index (χ3n) is 3.63. The van der Waals surface area contributed by atoms with E-state index in [1.807, 2.05) is 6.92 Å². The van der Waals surface area contributed by atoms with Gasteiger partial charge in [0.2, 0.25) is 11.7 Å². The summed E-state index contributed by atoms with van der Waals surface area (Å²) in [5.41, 5.74) is -1.45. The summed E-state index contributed by atoms with van der Waals surface area (Å²) in [5, 5.41) is 14.0. The Balaban J connectivity index is 2.13. The number of nitrogens with one attached hydrogen (secondary N) is 1. The molecule has 0 aliphatic rings. The number of hydrogen-bond acceptors (Lipinski definition) is 4. The first-order valence-electron chi connectivity index (χ1n) is 7.41. The number of rotatable bonds is 5. The zero-order chi connectivity index (χ0) is 18.7. The first-order chi connectivity index (χ1) is 11.7. The highest BCUT2D eigenvalue weighted by atomic mass is 19.4. The average molecular weight is 351 g/mol.